The number of unbranched alkanes of at least 4 members (excludes halogenated alkanes) is 2. The second-order valence-corrected chi connectivity index (χ2v) is 27.7. The molecule has 0 radical (unpaired) electrons. The number of rotatable bonds is 56. The molecule has 0 saturated heterocycles. The van der Waals surface area contributed by atoms with Gasteiger partial charge < -0.3 is 107 Å². The summed E-state index contributed by atoms with van der Waals surface area (Å²) < 4.78 is 0. The number of primary amides is 1. The van der Waals surface area contributed by atoms with Crippen LogP contribution >= 0.6 is 0 Å². The van der Waals surface area contributed by atoms with Gasteiger partial charge in [0.2, 0.25) is 70.9 Å². The molecule has 2 aromatic carbocycles. The lowest BCUT2D eigenvalue weighted by Gasteiger charge is -2.28. The van der Waals surface area contributed by atoms with E-state index in [1.54, 1.807) is 102 Å². The predicted molar refractivity (Wildman–Crippen MR) is 402 cm³/mol. The largest absolute Gasteiger partial charge is 0.481 e. The zero-order valence-corrected chi connectivity index (χ0v) is 63.7. The standard InChI is InChI=1S/C73H115N17O20/c1-8-9-24-47(64(102)86-52(30-34-58(94)95)69(107)87-53(31-35-59(96)97)68(106)85-51(29-33-57(92)93)63(101)81-44(7)62(100)90-61(42(4)5)72(110)80-43(6)19-18-37-78-73(76)77)82-67(105)50(28-32-56(75)91)84-65(103)48(25-16-17-36-74)83-66(104)49(27-26-45-20-12-10-13-21-45)88-71(109)55(38-41(2)3)89-70(108)54(39-60(98)99)79-40-46-22-14-11-15-23-46/h10-15,20-23,41-44,47-55,61,79H,8-9,16-19,24-40,74H2,1-7H3,(H2,75,91)(H,80,110)(H,81,101)(H,82,105)(H,83,104)(H,84,103)(H,85,106)(H,86,102)(H,87,107)(H,88,109)(H,89,108)(H,90,100)(H,92,93)(H,94,95)(H,96,97)(H,98,99)(H4,76,77,78)/t43-,44+,47+,48+,49-,50+,51+,52+,53+,54+,55+,61+/m1/s1. The Kier molecular flexibility index (Phi) is 44.6. The van der Waals surface area contributed by atoms with Crippen molar-refractivity contribution in [3.63, 3.8) is 0 Å². The van der Waals surface area contributed by atoms with Crippen LogP contribution in [0.3, 0.4) is 0 Å². The Hall–Kier alpha value is -10.8. The van der Waals surface area contributed by atoms with Crippen molar-refractivity contribution in [2.75, 3.05) is 13.1 Å². The Morgan fingerprint density at radius 1 is 0.391 bits per heavy atom. The minimum atomic E-state index is -1.91. The molecule has 0 unspecified atom stereocenters. The van der Waals surface area contributed by atoms with E-state index in [-0.39, 0.29) is 76.0 Å². The number of amides is 12. The van der Waals surface area contributed by atoms with Gasteiger partial charge in [-0.15, -0.1) is 0 Å². The highest BCUT2D eigenvalue weighted by Gasteiger charge is 2.38. The second-order valence-electron chi connectivity index (χ2n) is 27.7. The lowest BCUT2D eigenvalue weighted by Crippen LogP contribution is -2.61. The molecule has 37 nitrogen and oxygen atoms in total. The maximum atomic E-state index is 14.7. The Labute approximate surface area is 639 Å². The highest BCUT2D eigenvalue weighted by Crippen LogP contribution is 2.15. The number of guanidine groups is 1. The fraction of sp³-hybridized carbons (Fsp3) is 0.603. The Bertz CT molecular complexity index is 3400. The van der Waals surface area contributed by atoms with Gasteiger partial charge in [-0.25, -0.2) is 0 Å². The molecular weight excluding hydrogens is 1430 g/mol. The molecule has 0 fully saturated rings. The number of benzene rings is 2. The van der Waals surface area contributed by atoms with Crippen LogP contribution in [0, 0.1) is 11.8 Å². The molecule has 0 heterocycles. The van der Waals surface area contributed by atoms with E-state index in [0.717, 1.165) is 11.1 Å². The van der Waals surface area contributed by atoms with Gasteiger partial charge in [-0.05, 0) is 127 Å². The number of carbonyl (C=O) groups is 16. The maximum absolute atomic E-state index is 14.7. The fourth-order valence-electron chi connectivity index (χ4n) is 11.2. The third kappa shape index (κ3) is 39.3. The van der Waals surface area contributed by atoms with Crippen molar-refractivity contribution in [2.24, 2.45) is 39.8 Å². The summed E-state index contributed by atoms with van der Waals surface area (Å²) in [6.07, 6.45) is -4.06. The number of nitrogens with one attached hydrogen (secondary N) is 12. The number of hydrogen-bond acceptors (Lipinski definition) is 19. The number of hydrogen-bond donors (Lipinski definition) is 20. The van der Waals surface area contributed by atoms with Gasteiger partial charge in [0.15, 0.2) is 5.96 Å². The normalized spacial score (nSPS) is 14.3. The summed E-state index contributed by atoms with van der Waals surface area (Å²) in [6, 6.07) is 0.425. The summed E-state index contributed by atoms with van der Waals surface area (Å²) in [5.74, 6) is -18.2. The third-order valence-corrected chi connectivity index (χ3v) is 17.3. The van der Waals surface area contributed by atoms with Crippen LogP contribution < -0.4 is 86.7 Å². The molecule has 12 atom stereocenters. The third-order valence-electron chi connectivity index (χ3n) is 17.3. The highest BCUT2D eigenvalue weighted by molar-refractivity contribution is 6.00. The van der Waals surface area contributed by atoms with Crippen molar-refractivity contribution in [1.82, 2.24) is 63.8 Å². The first-order valence-electron chi connectivity index (χ1n) is 37.0. The Morgan fingerprint density at radius 3 is 1.18 bits per heavy atom. The molecule has 0 saturated carbocycles. The number of aliphatic carboxylic acids is 4. The molecule has 0 bridgehead atoms. The summed E-state index contributed by atoms with van der Waals surface area (Å²) in [4.78, 5) is 220. The lowest BCUT2D eigenvalue weighted by molar-refractivity contribution is -0.140. The fourth-order valence-corrected chi connectivity index (χ4v) is 11.2. The number of carbonyl (C=O) groups excluding carboxylic acids is 12. The van der Waals surface area contributed by atoms with Gasteiger partial charge in [-0.2, -0.15) is 0 Å². The van der Waals surface area contributed by atoms with Crippen LogP contribution in [0.15, 0.2) is 65.7 Å². The van der Waals surface area contributed by atoms with Crippen LogP contribution in [0.2, 0.25) is 0 Å². The van der Waals surface area contributed by atoms with Gasteiger partial charge in [0.1, 0.15) is 60.4 Å². The van der Waals surface area contributed by atoms with Crippen molar-refractivity contribution in [3.8, 4) is 0 Å². The van der Waals surface area contributed by atoms with E-state index in [2.05, 4.69) is 68.8 Å². The molecule has 2 rings (SSSR count). The van der Waals surface area contributed by atoms with Gasteiger partial charge in [0.25, 0.3) is 0 Å². The van der Waals surface area contributed by atoms with E-state index in [1.165, 1.54) is 6.92 Å². The van der Waals surface area contributed by atoms with Crippen molar-refractivity contribution >= 4 is 101 Å². The number of nitrogens with two attached hydrogens (primary N) is 4. The Balaban J connectivity index is 2.54. The number of carboxylic acid groups (broad SMARTS) is 4. The first-order chi connectivity index (χ1) is 51.9. The molecule has 0 aliphatic rings. The first-order valence-corrected chi connectivity index (χ1v) is 37.0. The smallest absolute Gasteiger partial charge is 0.305 e. The quantitative estimate of drug-likeness (QED) is 0.0205. The van der Waals surface area contributed by atoms with Crippen LogP contribution in [0.25, 0.3) is 0 Å². The zero-order chi connectivity index (χ0) is 82.6. The average Bonchev–Trinajstić information content (AvgIpc) is 0.858. The van der Waals surface area contributed by atoms with E-state index in [0.29, 0.717) is 32.2 Å². The van der Waals surface area contributed by atoms with E-state index < -0.39 is 225 Å². The van der Waals surface area contributed by atoms with Crippen LogP contribution in [-0.2, 0) is 89.7 Å². The molecule has 24 N–H and O–H groups in total. The van der Waals surface area contributed by atoms with Crippen LogP contribution in [0.4, 0.5) is 0 Å². The summed E-state index contributed by atoms with van der Waals surface area (Å²) in [7, 11) is 0. The van der Waals surface area contributed by atoms with Gasteiger partial charge in [0, 0.05) is 44.8 Å². The van der Waals surface area contributed by atoms with Crippen molar-refractivity contribution in [2.45, 2.75) is 256 Å². The maximum Gasteiger partial charge on any atom is 0.305 e. The van der Waals surface area contributed by atoms with Gasteiger partial charge in [0.05, 0.1) is 12.5 Å². The van der Waals surface area contributed by atoms with Crippen LogP contribution in [0.5, 0.6) is 0 Å². The van der Waals surface area contributed by atoms with Crippen molar-refractivity contribution < 1.29 is 97.1 Å². The van der Waals surface area contributed by atoms with Gasteiger partial charge in [-0.3, -0.25) is 81.7 Å². The second kappa shape index (κ2) is 51.5. The van der Waals surface area contributed by atoms with Gasteiger partial charge >= 0.3 is 23.9 Å². The topological polar surface area (TPSA) is 615 Å². The van der Waals surface area contributed by atoms with E-state index in [1.807, 2.05) is 0 Å². The van der Waals surface area contributed by atoms with Crippen LogP contribution in [-0.4, -0.2) is 207 Å². The van der Waals surface area contributed by atoms with Crippen LogP contribution in [0.1, 0.15) is 182 Å². The summed E-state index contributed by atoms with van der Waals surface area (Å²) >= 11 is 0. The molecular formula is C73H115N17O20. The first kappa shape index (κ1) is 95.2. The summed E-state index contributed by atoms with van der Waals surface area (Å²) in [5.41, 5.74) is 23.6. The molecule has 12 amide bonds. The lowest BCUT2D eigenvalue weighted by atomic mass is 10.00. The number of carboxylic acids is 4. The number of aryl methyl sites for hydroxylation is 1. The Morgan fingerprint density at radius 2 is 0.782 bits per heavy atom. The highest BCUT2D eigenvalue weighted by atomic mass is 16.4. The van der Waals surface area contributed by atoms with E-state index in [4.69, 9.17) is 22.9 Å². The molecule has 0 aromatic heterocycles. The van der Waals surface area contributed by atoms with Gasteiger partial charge in [-0.1, -0.05) is 108 Å². The molecule has 37 heteroatoms. The minimum absolute atomic E-state index is 0.0376. The molecule has 612 valence electrons. The number of aliphatic imine (C=N–C) groups is 1. The summed E-state index contributed by atoms with van der Waals surface area (Å²) in [5, 5.41) is 69.7. The minimum Gasteiger partial charge on any atom is -0.481 e. The molecule has 0 aliphatic carbocycles. The average molecular weight is 1550 g/mol. The summed E-state index contributed by atoms with van der Waals surface area (Å²) in [6.45, 7) is 12.1. The molecule has 110 heavy (non-hydrogen) atoms. The predicted octanol–water partition coefficient (Wildman–Crippen LogP) is -1.44. The molecule has 0 aliphatic heterocycles. The molecule has 2 aromatic rings. The van der Waals surface area contributed by atoms with Crippen molar-refractivity contribution in [3.05, 3.63) is 71.8 Å². The number of nitrogens with zero attached hydrogens (tertiary/aromatic N) is 1. The van der Waals surface area contributed by atoms with E-state index in [9.17, 15) is 97.1 Å². The molecule has 0 spiro atoms. The van der Waals surface area contributed by atoms with Crippen molar-refractivity contribution in [1.29, 1.82) is 0 Å². The monoisotopic (exact) mass is 1550 g/mol. The zero-order valence-electron chi connectivity index (χ0n) is 63.7. The van der Waals surface area contributed by atoms with E-state index >= 15 is 0 Å². The SMILES string of the molecule is CCCC[C@H](NC(=O)[C@H](CCC(N)=O)NC(=O)[C@H](CCCCN)NC(=O)[C@@H](CCc1ccccc1)NC(=O)[C@H](CC(C)C)NC(=O)[C@H](CC(=O)O)NCc1ccccc1)C(=O)N[C@@H](CCC(=O)O)C(=O)N[C@@H](CCC(=O)O)C(=O)N[C@@H](CCC(=O)O)C(=O)N[C@@H](C)C(=O)N[C@H](C(=O)N[C@H](C)CCCN=C(N)N)C(C)C.